The van der Waals surface area contributed by atoms with E-state index in [9.17, 15) is 0 Å². The highest BCUT2D eigenvalue weighted by molar-refractivity contribution is 7.80. The molecule has 3 aliphatic rings. The lowest BCUT2D eigenvalue weighted by atomic mass is 9.79. The SMILES string of the molecule is CC(C)[C@H]1COC23CCN(Cc4ccccc4)CC2CCC(=S)N13. The number of rotatable bonds is 3. The number of ether oxygens (including phenoxy) is 1. The second kappa shape index (κ2) is 6.40. The van der Waals surface area contributed by atoms with E-state index < -0.39 is 0 Å². The molecule has 3 aliphatic heterocycles. The maximum absolute atomic E-state index is 6.50. The quantitative estimate of drug-likeness (QED) is 0.777. The zero-order valence-corrected chi connectivity index (χ0v) is 15.6. The van der Waals surface area contributed by atoms with Gasteiger partial charge in [0.2, 0.25) is 0 Å². The molecule has 0 aromatic heterocycles. The van der Waals surface area contributed by atoms with Gasteiger partial charge in [0.1, 0.15) is 5.72 Å². The summed E-state index contributed by atoms with van der Waals surface area (Å²) in [6.45, 7) is 8.69. The number of piperidine rings is 2. The third kappa shape index (κ3) is 2.69. The van der Waals surface area contributed by atoms with Crippen LogP contribution >= 0.6 is 12.2 Å². The maximum Gasteiger partial charge on any atom is 0.147 e. The molecule has 3 saturated heterocycles. The lowest BCUT2D eigenvalue weighted by molar-refractivity contribution is -0.150. The van der Waals surface area contributed by atoms with Gasteiger partial charge in [0, 0.05) is 32.0 Å². The molecule has 2 unspecified atom stereocenters. The van der Waals surface area contributed by atoms with E-state index in [4.69, 9.17) is 17.0 Å². The number of thiocarbonyl (C=S) groups is 1. The van der Waals surface area contributed by atoms with Crippen molar-refractivity contribution in [3.05, 3.63) is 35.9 Å². The zero-order valence-electron chi connectivity index (χ0n) is 14.8. The molecule has 3 fully saturated rings. The van der Waals surface area contributed by atoms with Crippen molar-refractivity contribution in [1.82, 2.24) is 9.80 Å². The Morgan fingerprint density at radius 2 is 2.08 bits per heavy atom. The van der Waals surface area contributed by atoms with Gasteiger partial charge in [-0.1, -0.05) is 56.4 Å². The molecule has 0 saturated carbocycles. The molecule has 0 N–H and O–H groups in total. The molecule has 3 heterocycles. The van der Waals surface area contributed by atoms with Crippen LogP contribution in [0.25, 0.3) is 0 Å². The fourth-order valence-corrected chi connectivity index (χ4v) is 5.24. The van der Waals surface area contributed by atoms with Crippen molar-refractivity contribution in [2.24, 2.45) is 11.8 Å². The van der Waals surface area contributed by atoms with Crippen LogP contribution in [0.1, 0.15) is 38.7 Å². The summed E-state index contributed by atoms with van der Waals surface area (Å²) in [5.74, 6) is 1.16. The topological polar surface area (TPSA) is 15.7 Å². The molecule has 0 aliphatic carbocycles. The minimum atomic E-state index is -0.114. The first-order valence-corrected chi connectivity index (χ1v) is 9.73. The van der Waals surface area contributed by atoms with Crippen LogP contribution in [-0.2, 0) is 11.3 Å². The molecule has 24 heavy (non-hydrogen) atoms. The van der Waals surface area contributed by atoms with Crippen LogP contribution in [-0.4, -0.2) is 46.3 Å². The Morgan fingerprint density at radius 3 is 2.83 bits per heavy atom. The Balaban J connectivity index is 1.52. The van der Waals surface area contributed by atoms with Crippen molar-refractivity contribution < 1.29 is 4.74 Å². The van der Waals surface area contributed by atoms with Gasteiger partial charge in [-0.2, -0.15) is 0 Å². The van der Waals surface area contributed by atoms with Crippen molar-refractivity contribution in [2.75, 3.05) is 19.7 Å². The number of benzene rings is 1. The van der Waals surface area contributed by atoms with E-state index in [0.717, 1.165) is 44.1 Å². The lowest BCUT2D eigenvalue weighted by Crippen LogP contribution is -2.64. The normalized spacial score (nSPS) is 33.6. The van der Waals surface area contributed by atoms with Crippen molar-refractivity contribution in [1.29, 1.82) is 0 Å². The summed E-state index contributed by atoms with van der Waals surface area (Å²) in [7, 11) is 0. The molecule has 0 amide bonds. The molecule has 1 aromatic carbocycles. The van der Waals surface area contributed by atoms with E-state index in [1.54, 1.807) is 0 Å². The Labute approximate surface area is 151 Å². The van der Waals surface area contributed by atoms with Crippen molar-refractivity contribution >= 4 is 17.2 Å². The molecule has 0 radical (unpaired) electrons. The summed E-state index contributed by atoms with van der Waals surface area (Å²) >= 11 is 5.77. The lowest BCUT2D eigenvalue weighted by Gasteiger charge is -2.54. The van der Waals surface area contributed by atoms with Gasteiger partial charge < -0.3 is 9.64 Å². The van der Waals surface area contributed by atoms with Gasteiger partial charge in [0.05, 0.1) is 17.6 Å². The molecule has 130 valence electrons. The largest absolute Gasteiger partial charge is 0.353 e. The van der Waals surface area contributed by atoms with Crippen LogP contribution in [0.15, 0.2) is 30.3 Å². The highest BCUT2D eigenvalue weighted by Crippen LogP contribution is 2.48. The number of hydrogen-bond acceptors (Lipinski definition) is 3. The van der Waals surface area contributed by atoms with Gasteiger partial charge >= 0.3 is 0 Å². The molecule has 4 heteroatoms. The zero-order chi connectivity index (χ0) is 16.7. The van der Waals surface area contributed by atoms with Gasteiger partial charge in [-0.3, -0.25) is 4.90 Å². The second-order valence-electron chi connectivity index (χ2n) is 7.94. The average Bonchev–Trinajstić information content (AvgIpc) is 2.98. The van der Waals surface area contributed by atoms with Crippen molar-refractivity contribution in [3.8, 4) is 0 Å². The Kier molecular flexibility index (Phi) is 4.40. The van der Waals surface area contributed by atoms with E-state index in [-0.39, 0.29) is 5.72 Å². The van der Waals surface area contributed by atoms with Gasteiger partial charge in [-0.25, -0.2) is 0 Å². The average molecular weight is 345 g/mol. The molecular weight excluding hydrogens is 316 g/mol. The monoisotopic (exact) mass is 344 g/mol. The predicted molar refractivity (Wildman–Crippen MR) is 101 cm³/mol. The summed E-state index contributed by atoms with van der Waals surface area (Å²) in [5, 5.41) is 0. The Morgan fingerprint density at radius 1 is 1.29 bits per heavy atom. The number of likely N-dealkylation sites (tertiary alicyclic amines) is 1. The molecule has 3 nitrogen and oxygen atoms in total. The van der Waals surface area contributed by atoms with Crippen LogP contribution in [0.3, 0.4) is 0 Å². The van der Waals surface area contributed by atoms with E-state index in [2.05, 4.69) is 54.0 Å². The predicted octanol–water partition coefficient (Wildman–Crippen LogP) is 3.68. The van der Waals surface area contributed by atoms with Crippen LogP contribution in [0, 0.1) is 11.8 Å². The summed E-state index contributed by atoms with van der Waals surface area (Å²) in [5.41, 5.74) is 1.29. The third-order valence-corrected chi connectivity index (χ3v) is 6.54. The maximum atomic E-state index is 6.50. The van der Waals surface area contributed by atoms with Crippen LogP contribution in [0.4, 0.5) is 0 Å². The second-order valence-corrected chi connectivity index (χ2v) is 8.41. The van der Waals surface area contributed by atoms with Crippen LogP contribution < -0.4 is 0 Å². The molecule has 4 rings (SSSR count). The van der Waals surface area contributed by atoms with Gasteiger partial charge in [-0.05, 0) is 24.3 Å². The van der Waals surface area contributed by atoms with Gasteiger partial charge in [-0.15, -0.1) is 0 Å². The molecule has 0 bridgehead atoms. The fraction of sp³-hybridized carbons (Fsp3) is 0.650. The third-order valence-electron chi connectivity index (χ3n) is 6.14. The Hall–Kier alpha value is -0.970. The van der Waals surface area contributed by atoms with Crippen LogP contribution in [0.5, 0.6) is 0 Å². The smallest absolute Gasteiger partial charge is 0.147 e. The summed E-state index contributed by atoms with van der Waals surface area (Å²) in [4.78, 5) is 6.25. The standard InChI is InChI=1S/C20H28N2OS/c1-15(2)18-14-23-20-10-11-21(12-16-6-4-3-5-7-16)13-17(20)8-9-19(24)22(18)20/h3-7,15,17-18H,8-14H2,1-2H3/t17?,18-,20?/m1/s1. The summed E-state index contributed by atoms with van der Waals surface area (Å²) in [6.07, 6.45) is 3.30. The summed E-state index contributed by atoms with van der Waals surface area (Å²) < 4.78 is 6.50. The number of nitrogens with zero attached hydrogens (tertiary/aromatic N) is 2. The van der Waals surface area contributed by atoms with E-state index >= 15 is 0 Å². The highest BCUT2D eigenvalue weighted by atomic mass is 32.1. The molecule has 1 aromatic rings. The minimum absolute atomic E-state index is 0.114. The molecular formula is C20H28N2OS. The number of hydrogen-bond donors (Lipinski definition) is 0. The van der Waals surface area contributed by atoms with E-state index in [1.807, 2.05) is 0 Å². The van der Waals surface area contributed by atoms with Gasteiger partial charge in [0.15, 0.2) is 0 Å². The van der Waals surface area contributed by atoms with Crippen molar-refractivity contribution in [3.63, 3.8) is 0 Å². The van der Waals surface area contributed by atoms with Crippen molar-refractivity contribution in [2.45, 2.75) is 51.4 Å². The molecule has 3 atom stereocenters. The van der Waals surface area contributed by atoms with E-state index in [0.29, 0.717) is 17.9 Å². The molecule has 1 spiro atoms. The Bertz CT molecular complexity index is 605. The first-order valence-electron chi connectivity index (χ1n) is 9.32. The summed E-state index contributed by atoms with van der Waals surface area (Å²) in [6, 6.07) is 11.3. The van der Waals surface area contributed by atoms with Crippen LogP contribution in [0.2, 0.25) is 0 Å². The first kappa shape index (κ1) is 16.5. The first-order chi connectivity index (χ1) is 11.6. The minimum Gasteiger partial charge on any atom is -0.353 e. The van der Waals surface area contributed by atoms with Gasteiger partial charge in [0.25, 0.3) is 0 Å². The fourth-order valence-electron chi connectivity index (χ4n) is 4.84. The highest BCUT2D eigenvalue weighted by Gasteiger charge is 2.57. The van der Waals surface area contributed by atoms with E-state index in [1.165, 1.54) is 12.0 Å².